The number of anilines is 2. The van der Waals surface area contributed by atoms with E-state index in [-0.39, 0.29) is 18.0 Å². The van der Waals surface area contributed by atoms with Crippen molar-refractivity contribution in [2.45, 2.75) is 38.8 Å². The first kappa shape index (κ1) is 16.6. The maximum Gasteiger partial charge on any atom is 0.145 e. The minimum absolute atomic E-state index is 0.112. The van der Waals surface area contributed by atoms with Crippen LogP contribution >= 0.6 is 0 Å². The molecular weight excluding hydrogens is 307 g/mol. The molecule has 1 unspecified atom stereocenters. The smallest absolute Gasteiger partial charge is 0.145 e. The number of aromatic nitrogens is 2. The molecule has 1 aromatic carbocycles. The van der Waals surface area contributed by atoms with E-state index in [4.69, 9.17) is 0 Å². The van der Waals surface area contributed by atoms with Gasteiger partial charge in [-0.1, -0.05) is 0 Å². The Kier molecular flexibility index (Phi) is 4.94. The van der Waals surface area contributed by atoms with Crippen molar-refractivity contribution in [3.05, 3.63) is 47.7 Å². The summed E-state index contributed by atoms with van der Waals surface area (Å²) in [6.45, 7) is 5.42. The number of piperidine rings is 1. The maximum atomic E-state index is 13.8. The molecule has 1 saturated heterocycles. The molecule has 0 radical (unpaired) electrons. The number of aliphatic hydroxyl groups is 1. The van der Waals surface area contributed by atoms with Crippen molar-refractivity contribution in [3.8, 4) is 0 Å². The normalized spacial score (nSPS) is 16.9. The highest BCUT2D eigenvalue weighted by Crippen LogP contribution is 2.31. The van der Waals surface area contributed by atoms with Gasteiger partial charge in [-0.25, -0.2) is 9.37 Å². The lowest BCUT2D eigenvalue weighted by Gasteiger charge is -2.34. The van der Waals surface area contributed by atoms with Crippen LogP contribution in [0.25, 0.3) is 0 Å². The Labute approximate surface area is 141 Å². The van der Waals surface area contributed by atoms with Crippen LogP contribution in [0.1, 0.15) is 37.1 Å². The second-order valence-corrected chi connectivity index (χ2v) is 6.33. The van der Waals surface area contributed by atoms with Gasteiger partial charge in [0.05, 0.1) is 24.0 Å². The van der Waals surface area contributed by atoms with Gasteiger partial charge in [-0.15, -0.1) is 0 Å². The third kappa shape index (κ3) is 3.82. The van der Waals surface area contributed by atoms with Crippen molar-refractivity contribution in [2.24, 2.45) is 0 Å². The van der Waals surface area contributed by atoms with Crippen molar-refractivity contribution in [2.75, 3.05) is 23.3 Å². The summed E-state index contributed by atoms with van der Waals surface area (Å²) in [6.07, 6.45) is 4.61. The summed E-state index contributed by atoms with van der Waals surface area (Å²) in [7, 11) is 0. The molecule has 128 valence electrons. The summed E-state index contributed by atoms with van der Waals surface area (Å²) in [5.74, 6) is 0.418. The van der Waals surface area contributed by atoms with Gasteiger partial charge in [0.25, 0.3) is 0 Å². The molecule has 2 heterocycles. The number of rotatable bonds is 4. The molecule has 0 amide bonds. The lowest BCUT2D eigenvalue weighted by molar-refractivity contribution is 0.145. The molecule has 1 aliphatic rings. The van der Waals surface area contributed by atoms with Crippen molar-refractivity contribution < 1.29 is 9.50 Å². The quantitative estimate of drug-likeness (QED) is 0.902. The lowest BCUT2D eigenvalue weighted by Crippen LogP contribution is -2.36. The predicted octanol–water partition coefficient (Wildman–Crippen LogP) is 3.06. The average Bonchev–Trinajstić information content (AvgIpc) is 2.56. The van der Waals surface area contributed by atoms with Crippen molar-refractivity contribution in [1.29, 1.82) is 0 Å². The van der Waals surface area contributed by atoms with Crippen LogP contribution < -0.4 is 10.2 Å². The van der Waals surface area contributed by atoms with Gasteiger partial charge in [0.2, 0.25) is 0 Å². The first-order valence-electron chi connectivity index (χ1n) is 8.30. The number of aliphatic hydroxyl groups excluding tert-OH is 1. The Morgan fingerprint density at radius 2 is 2.04 bits per heavy atom. The van der Waals surface area contributed by atoms with Crippen LogP contribution in [0, 0.1) is 12.7 Å². The maximum absolute atomic E-state index is 13.8. The van der Waals surface area contributed by atoms with Crippen molar-refractivity contribution >= 4 is 11.5 Å². The fraction of sp³-hybridized carbons (Fsp3) is 0.444. The highest BCUT2D eigenvalue weighted by molar-refractivity contribution is 5.57. The van der Waals surface area contributed by atoms with Crippen LogP contribution in [0.2, 0.25) is 0 Å². The Morgan fingerprint density at radius 3 is 2.75 bits per heavy atom. The molecule has 1 atom stereocenters. The molecule has 0 spiro atoms. The molecule has 24 heavy (non-hydrogen) atoms. The van der Waals surface area contributed by atoms with Gasteiger partial charge in [0.15, 0.2) is 0 Å². The van der Waals surface area contributed by atoms with Crippen molar-refractivity contribution in [1.82, 2.24) is 9.97 Å². The molecule has 1 fully saturated rings. The minimum Gasteiger partial charge on any atom is -0.393 e. The third-order valence-electron chi connectivity index (χ3n) is 4.38. The molecule has 0 aliphatic carbocycles. The predicted molar refractivity (Wildman–Crippen MR) is 92.7 cm³/mol. The number of benzene rings is 1. The molecule has 1 aliphatic heterocycles. The Hall–Kier alpha value is -2.21. The number of hydrogen-bond donors (Lipinski definition) is 2. The number of hydrogen-bond acceptors (Lipinski definition) is 5. The van der Waals surface area contributed by atoms with Gasteiger partial charge in [0.1, 0.15) is 11.6 Å². The van der Waals surface area contributed by atoms with Gasteiger partial charge < -0.3 is 15.3 Å². The van der Waals surface area contributed by atoms with E-state index in [0.717, 1.165) is 42.9 Å². The van der Waals surface area contributed by atoms with E-state index >= 15 is 0 Å². The summed E-state index contributed by atoms with van der Waals surface area (Å²) in [5.41, 5.74) is 2.72. The highest BCUT2D eigenvalue weighted by atomic mass is 19.1. The standard InChI is InChI=1S/C18H23FN4O/c1-12-10-20-11-18(21-12)22-13(2)16-9-14(19)3-4-17(16)23-7-5-15(24)6-8-23/h3-4,9-11,13,15,24H,5-8H2,1-2H3,(H,21,22). The fourth-order valence-corrected chi connectivity index (χ4v) is 3.10. The Bertz CT molecular complexity index is 701. The first-order valence-corrected chi connectivity index (χ1v) is 8.30. The van der Waals surface area contributed by atoms with E-state index < -0.39 is 0 Å². The molecular formula is C18H23FN4O. The Morgan fingerprint density at radius 1 is 1.29 bits per heavy atom. The third-order valence-corrected chi connectivity index (χ3v) is 4.38. The van der Waals surface area contributed by atoms with E-state index in [2.05, 4.69) is 20.2 Å². The molecule has 2 N–H and O–H groups in total. The summed E-state index contributed by atoms with van der Waals surface area (Å²) in [6, 6.07) is 4.77. The van der Waals surface area contributed by atoms with Gasteiger partial charge in [0, 0.05) is 30.5 Å². The summed E-state index contributed by atoms with van der Waals surface area (Å²) in [5, 5.41) is 13.0. The molecule has 1 aromatic heterocycles. The molecule has 6 heteroatoms. The van der Waals surface area contributed by atoms with Crippen LogP contribution in [-0.2, 0) is 0 Å². The molecule has 2 aromatic rings. The molecule has 0 saturated carbocycles. The highest BCUT2D eigenvalue weighted by Gasteiger charge is 2.22. The summed E-state index contributed by atoms with van der Waals surface area (Å²) in [4.78, 5) is 10.7. The van der Waals surface area contributed by atoms with Crippen LogP contribution in [0.4, 0.5) is 15.9 Å². The largest absolute Gasteiger partial charge is 0.393 e. The van der Waals surface area contributed by atoms with E-state index in [1.165, 1.54) is 6.07 Å². The minimum atomic E-state index is -0.255. The molecule has 5 nitrogen and oxygen atoms in total. The zero-order chi connectivity index (χ0) is 17.1. The fourth-order valence-electron chi connectivity index (χ4n) is 3.10. The van der Waals surface area contributed by atoms with Crippen molar-refractivity contribution in [3.63, 3.8) is 0 Å². The number of nitrogens with zero attached hydrogens (tertiary/aromatic N) is 3. The van der Waals surface area contributed by atoms with E-state index in [9.17, 15) is 9.50 Å². The van der Waals surface area contributed by atoms with Gasteiger partial charge in [-0.3, -0.25) is 4.98 Å². The molecule has 3 rings (SSSR count). The molecule has 0 bridgehead atoms. The monoisotopic (exact) mass is 330 g/mol. The zero-order valence-corrected chi connectivity index (χ0v) is 14.0. The number of nitrogens with one attached hydrogen (secondary N) is 1. The number of aryl methyl sites for hydroxylation is 1. The van der Waals surface area contributed by atoms with E-state index in [1.54, 1.807) is 18.5 Å². The van der Waals surface area contributed by atoms with Crippen LogP contribution in [0.5, 0.6) is 0 Å². The summed E-state index contributed by atoms with van der Waals surface area (Å²) < 4.78 is 13.8. The van der Waals surface area contributed by atoms with Crippen LogP contribution in [0.3, 0.4) is 0 Å². The van der Waals surface area contributed by atoms with Crippen LogP contribution in [-0.4, -0.2) is 34.3 Å². The second kappa shape index (κ2) is 7.13. The second-order valence-electron chi connectivity index (χ2n) is 6.33. The zero-order valence-electron chi connectivity index (χ0n) is 14.0. The van der Waals surface area contributed by atoms with Crippen LogP contribution in [0.15, 0.2) is 30.6 Å². The van der Waals surface area contributed by atoms with E-state index in [0.29, 0.717) is 5.82 Å². The summed E-state index contributed by atoms with van der Waals surface area (Å²) >= 11 is 0. The SMILES string of the molecule is Cc1cncc(NC(C)c2cc(F)ccc2N2CCC(O)CC2)n1. The first-order chi connectivity index (χ1) is 11.5. The van der Waals surface area contributed by atoms with Gasteiger partial charge >= 0.3 is 0 Å². The lowest BCUT2D eigenvalue weighted by atomic mass is 10.0. The average molecular weight is 330 g/mol. The Balaban J connectivity index is 1.84. The van der Waals surface area contributed by atoms with Gasteiger partial charge in [-0.2, -0.15) is 0 Å². The topological polar surface area (TPSA) is 61.3 Å². The van der Waals surface area contributed by atoms with E-state index in [1.807, 2.05) is 19.9 Å². The number of halogens is 1. The van der Waals surface area contributed by atoms with Gasteiger partial charge in [-0.05, 0) is 44.9 Å².